The highest BCUT2D eigenvalue weighted by molar-refractivity contribution is 7.14. The van der Waals surface area contributed by atoms with Gasteiger partial charge in [-0.1, -0.05) is 50.2 Å². The van der Waals surface area contributed by atoms with E-state index in [1.54, 1.807) is 12.1 Å². The number of aromatic nitrogens is 1. The van der Waals surface area contributed by atoms with Crippen molar-refractivity contribution in [3.63, 3.8) is 0 Å². The molecule has 2 N–H and O–H groups in total. The highest BCUT2D eigenvalue weighted by Crippen LogP contribution is 2.26. The first-order valence-corrected chi connectivity index (χ1v) is 13.0. The number of thiazole rings is 1. The van der Waals surface area contributed by atoms with Crippen molar-refractivity contribution in [2.45, 2.75) is 26.7 Å². The predicted octanol–water partition coefficient (Wildman–Crippen LogP) is 5.97. The molecule has 0 spiro atoms. The quantitative estimate of drug-likeness (QED) is 0.257. The zero-order valence-corrected chi connectivity index (χ0v) is 21.6. The number of ether oxygens (including phenoxy) is 2. The molecule has 0 aliphatic carbocycles. The third kappa shape index (κ3) is 7.65. The van der Waals surface area contributed by atoms with Gasteiger partial charge in [-0.3, -0.25) is 14.9 Å². The first kappa shape index (κ1) is 25.9. The smallest absolute Gasteiger partial charge is 0.264 e. The molecule has 0 bridgehead atoms. The maximum atomic E-state index is 12.3. The molecule has 7 nitrogen and oxygen atoms in total. The zero-order chi connectivity index (χ0) is 26.0. The molecule has 37 heavy (non-hydrogen) atoms. The Morgan fingerprint density at radius 3 is 1.76 bits per heavy atom. The molecule has 0 saturated heterocycles. The van der Waals surface area contributed by atoms with E-state index < -0.39 is 0 Å². The summed E-state index contributed by atoms with van der Waals surface area (Å²) in [5, 5.41) is 7.95. The van der Waals surface area contributed by atoms with Crippen molar-refractivity contribution in [1.82, 2.24) is 4.98 Å². The molecule has 0 fully saturated rings. The van der Waals surface area contributed by atoms with Crippen molar-refractivity contribution < 1.29 is 19.1 Å². The summed E-state index contributed by atoms with van der Waals surface area (Å²) < 4.78 is 11.1. The second-order valence-electron chi connectivity index (χ2n) is 8.28. The van der Waals surface area contributed by atoms with Crippen LogP contribution < -0.4 is 20.1 Å². The fraction of sp³-hybridized carbons (Fsp3) is 0.207. The van der Waals surface area contributed by atoms with Crippen LogP contribution in [0.5, 0.6) is 11.5 Å². The molecular weight excluding hydrogens is 486 g/mol. The normalized spacial score (nSPS) is 10.5. The topological polar surface area (TPSA) is 89.6 Å². The van der Waals surface area contributed by atoms with Crippen LogP contribution in [0.3, 0.4) is 0 Å². The molecule has 2 amide bonds. The van der Waals surface area contributed by atoms with Gasteiger partial charge in [0.15, 0.2) is 18.3 Å². The summed E-state index contributed by atoms with van der Waals surface area (Å²) in [4.78, 5) is 29.0. The summed E-state index contributed by atoms with van der Waals surface area (Å²) >= 11 is 1.34. The van der Waals surface area contributed by atoms with Gasteiger partial charge in [0, 0.05) is 16.6 Å². The van der Waals surface area contributed by atoms with Crippen LogP contribution in [0.1, 0.15) is 25.0 Å². The van der Waals surface area contributed by atoms with Crippen LogP contribution in [0.2, 0.25) is 0 Å². The van der Waals surface area contributed by atoms with Gasteiger partial charge in [0.05, 0.1) is 5.69 Å². The Morgan fingerprint density at radius 1 is 0.730 bits per heavy atom. The molecule has 1 aromatic heterocycles. The molecule has 0 atom stereocenters. The highest BCUT2D eigenvalue weighted by atomic mass is 32.1. The van der Waals surface area contributed by atoms with Gasteiger partial charge in [-0.2, -0.15) is 0 Å². The summed E-state index contributed by atoms with van der Waals surface area (Å²) in [6, 6.07) is 22.7. The van der Waals surface area contributed by atoms with E-state index >= 15 is 0 Å². The van der Waals surface area contributed by atoms with Crippen LogP contribution in [-0.4, -0.2) is 30.0 Å². The lowest BCUT2D eigenvalue weighted by molar-refractivity contribution is -0.118. The molecule has 0 radical (unpaired) electrons. The fourth-order valence-electron chi connectivity index (χ4n) is 3.48. The van der Waals surface area contributed by atoms with Crippen LogP contribution in [0.25, 0.3) is 11.3 Å². The minimum absolute atomic E-state index is 0.0733. The molecule has 0 aliphatic rings. The Kier molecular flexibility index (Phi) is 8.89. The second-order valence-corrected chi connectivity index (χ2v) is 9.14. The monoisotopic (exact) mass is 515 g/mol. The summed E-state index contributed by atoms with van der Waals surface area (Å²) in [6.07, 6.45) is 1.91. The zero-order valence-electron chi connectivity index (χ0n) is 20.8. The third-order valence-corrected chi connectivity index (χ3v) is 6.38. The molecule has 4 aromatic rings. The maximum Gasteiger partial charge on any atom is 0.264 e. The van der Waals surface area contributed by atoms with E-state index in [2.05, 4.69) is 29.5 Å². The van der Waals surface area contributed by atoms with Gasteiger partial charge in [-0.25, -0.2) is 4.98 Å². The molecule has 3 aromatic carbocycles. The van der Waals surface area contributed by atoms with Gasteiger partial charge in [0.1, 0.15) is 11.5 Å². The van der Waals surface area contributed by atoms with E-state index in [4.69, 9.17) is 9.47 Å². The Labute approximate surface area is 220 Å². The first-order valence-electron chi connectivity index (χ1n) is 12.1. The molecule has 8 heteroatoms. The largest absolute Gasteiger partial charge is 0.484 e. The lowest BCUT2D eigenvalue weighted by Crippen LogP contribution is -2.20. The Balaban J connectivity index is 1.24. The Morgan fingerprint density at radius 2 is 1.24 bits per heavy atom. The second kappa shape index (κ2) is 12.7. The highest BCUT2D eigenvalue weighted by Gasteiger charge is 2.10. The maximum absolute atomic E-state index is 12.3. The van der Waals surface area contributed by atoms with E-state index in [9.17, 15) is 9.59 Å². The average molecular weight is 516 g/mol. The molecule has 190 valence electrons. The number of anilines is 2. The number of rotatable bonds is 11. The minimum Gasteiger partial charge on any atom is -0.484 e. The number of nitrogens with zero attached hydrogens (tertiary/aromatic N) is 1. The lowest BCUT2D eigenvalue weighted by atomic mass is 10.1. The number of nitrogens with one attached hydrogen (secondary N) is 2. The number of carbonyl (C=O) groups is 2. The van der Waals surface area contributed by atoms with Crippen molar-refractivity contribution in [2.75, 3.05) is 23.8 Å². The molecule has 1 heterocycles. The minimum atomic E-state index is -0.276. The lowest BCUT2D eigenvalue weighted by Gasteiger charge is -2.08. The number of benzene rings is 3. The van der Waals surface area contributed by atoms with Gasteiger partial charge in [-0.15, -0.1) is 11.3 Å². The number of hydrogen-bond donors (Lipinski definition) is 2. The van der Waals surface area contributed by atoms with Gasteiger partial charge >= 0.3 is 0 Å². The van der Waals surface area contributed by atoms with Crippen molar-refractivity contribution in [1.29, 1.82) is 0 Å². The van der Waals surface area contributed by atoms with Gasteiger partial charge in [-0.05, 0) is 60.4 Å². The van der Waals surface area contributed by atoms with Crippen molar-refractivity contribution in [2.24, 2.45) is 0 Å². The number of aryl methyl sites for hydroxylation is 2. The SMILES string of the molecule is CCc1ccc(OCC(=O)Nc2ccc(-c3csc(NC(=O)COc4ccc(CC)cc4)n3)cc2)cc1. The summed E-state index contributed by atoms with van der Waals surface area (Å²) in [6.45, 7) is 4.01. The third-order valence-electron chi connectivity index (χ3n) is 5.62. The standard InChI is InChI=1S/C29H29N3O4S/c1-3-20-5-13-24(14-6-20)35-17-27(33)30-23-11-9-22(10-12-23)26-19-37-29(31-26)32-28(34)18-36-25-15-7-21(4-2)8-16-25/h5-16,19H,3-4,17-18H2,1-2H3,(H,30,33)(H,31,32,34). The van der Waals surface area contributed by atoms with E-state index in [0.29, 0.717) is 22.3 Å². The van der Waals surface area contributed by atoms with Gasteiger partial charge in [0.2, 0.25) is 0 Å². The molecule has 0 saturated carbocycles. The Hall–Kier alpha value is -4.17. The van der Waals surface area contributed by atoms with E-state index in [0.717, 1.165) is 24.1 Å². The van der Waals surface area contributed by atoms with Crippen LogP contribution in [-0.2, 0) is 22.4 Å². The average Bonchev–Trinajstić information content (AvgIpc) is 3.40. The summed E-state index contributed by atoms with van der Waals surface area (Å²) in [7, 11) is 0. The Bertz CT molecular complexity index is 1320. The van der Waals surface area contributed by atoms with E-state index in [1.165, 1.54) is 22.5 Å². The van der Waals surface area contributed by atoms with Gasteiger partial charge in [0.25, 0.3) is 11.8 Å². The van der Waals surface area contributed by atoms with E-state index in [1.807, 2.05) is 66.0 Å². The van der Waals surface area contributed by atoms with Crippen molar-refractivity contribution in [3.05, 3.63) is 89.3 Å². The van der Waals surface area contributed by atoms with Crippen molar-refractivity contribution >= 4 is 34.0 Å². The number of amides is 2. The predicted molar refractivity (Wildman–Crippen MR) is 147 cm³/mol. The molecule has 4 rings (SSSR count). The summed E-state index contributed by atoms with van der Waals surface area (Å²) in [5.41, 5.74) is 4.69. The van der Waals surface area contributed by atoms with Crippen LogP contribution in [0, 0.1) is 0 Å². The van der Waals surface area contributed by atoms with Crippen LogP contribution >= 0.6 is 11.3 Å². The molecule has 0 aliphatic heterocycles. The van der Waals surface area contributed by atoms with Gasteiger partial charge < -0.3 is 14.8 Å². The van der Waals surface area contributed by atoms with Crippen molar-refractivity contribution in [3.8, 4) is 22.8 Å². The molecule has 0 unspecified atom stereocenters. The number of carbonyl (C=O) groups excluding carboxylic acids is 2. The van der Waals surface area contributed by atoms with Crippen LogP contribution in [0.4, 0.5) is 10.8 Å². The molecular formula is C29H29N3O4S. The first-order chi connectivity index (χ1) is 18.0. The number of hydrogen-bond acceptors (Lipinski definition) is 6. The van der Waals surface area contributed by atoms with E-state index in [-0.39, 0.29) is 25.0 Å². The summed E-state index contributed by atoms with van der Waals surface area (Å²) in [5.74, 6) is 0.791. The fourth-order valence-corrected chi connectivity index (χ4v) is 4.22. The van der Waals surface area contributed by atoms with Crippen LogP contribution in [0.15, 0.2) is 78.2 Å².